The maximum atomic E-state index is 10.6. The van der Waals surface area contributed by atoms with Crippen molar-refractivity contribution in [1.29, 1.82) is 0 Å². The van der Waals surface area contributed by atoms with E-state index in [1.165, 1.54) is 18.3 Å². The van der Waals surface area contributed by atoms with Crippen molar-refractivity contribution in [3.05, 3.63) is 65.6 Å². The number of nitrogens with one attached hydrogen (secondary N) is 1. The number of pyridine rings is 1. The van der Waals surface area contributed by atoms with Gasteiger partial charge >= 0.3 is 17.9 Å². The number of aromatic amines is 1. The predicted molar refractivity (Wildman–Crippen MR) is 95.8 cm³/mol. The Kier molecular flexibility index (Phi) is 6.23. The molecule has 0 saturated carbocycles. The molecule has 1 unspecified atom stereocenters. The zero-order valence-corrected chi connectivity index (χ0v) is 14.0. The van der Waals surface area contributed by atoms with Crippen molar-refractivity contribution in [2.75, 3.05) is 0 Å². The highest BCUT2D eigenvalue weighted by Crippen LogP contribution is 2.18. The van der Waals surface area contributed by atoms with Crippen molar-refractivity contribution < 1.29 is 29.7 Å². The first kappa shape index (κ1) is 19.6. The van der Waals surface area contributed by atoms with Crippen molar-refractivity contribution >= 4 is 28.8 Å². The van der Waals surface area contributed by atoms with Crippen molar-refractivity contribution in [2.45, 2.75) is 12.5 Å². The fraction of sp³-hybridized carbons (Fsp3) is 0.111. The number of carboxylic acid groups (broad SMARTS) is 3. The predicted octanol–water partition coefficient (Wildman–Crippen LogP) is 1.60. The number of hydrogen-bond donors (Lipinski definition) is 5. The summed E-state index contributed by atoms with van der Waals surface area (Å²) in [5.74, 6) is -3.60. The molecule has 0 aliphatic rings. The summed E-state index contributed by atoms with van der Waals surface area (Å²) in [6.07, 6.45) is 3.39. The number of benzene rings is 1. The van der Waals surface area contributed by atoms with Gasteiger partial charge in [-0.05, 0) is 23.8 Å². The Balaban J connectivity index is 0.000000199. The van der Waals surface area contributed by atoms with Crippen LogP contribution in [0, 0.1) is 0 Å². The molecule has 0 fully saturated rings. The van der Waals surface area contributed by atoms with Gasteiger partial charge in [0.1, 0.15) is 6.04 Å². The van der Waals surface area contributed by atoms with Crippen LogP contribution in [0.2, 0.25) is 0 Å². The molecule has 2 heterocycles. The van der Waals surface area contributed by atoms with Gasteiger partial charge in [-0.15, -0.1) is 0 Å². The molecule has 3 aromatic rings. The van der Waals surface area contributed by atoms with E-state index in [1.807, 2.05) is 30.5 Å². The SMILES string of the molecule is NC(Cc1c[nH]c2ccccc12)C(=O)O.O=C(O)c1cccnc1C(=O)O. The molecule has 0 aliphatic heterocycles. The minimum Gasteiger partial charge on any atom is -0.480 e. The van der Waals surface area contributed by atoms with Crippen LogP contribution >= 0.6 is 0 Å². The van der Waals surface area contributed by atoms with Crippen molar-refractivity contribution in [3.8, 4) is 0 Å². The molecule has 3 rings (SSSR count). The molecule has 2 aromatic heterocycles. The summed E-state index contributed by atoms with van der Waals surface area (Å²) in [5.41, 5.74) is 6.69. The molecule has 1 atom stereocenters. The van der Waals surface area contributed by atoms with E-state index in [1.54, 1.807) is 0 Å². The molecule has 0 bridgehead atoms. The van der Waals surface area contributed by atoms with Crippen LogP contribution in [0.5, 0.6) is 0 Å². The van der Waals surface area contributed by atoms with E-state index >= 15 is 0 Å². The minimum atomic E-state index is -1.34. The number of carboxylic acids is 3. The van der Waals surface area contributed by atoms with Gasteiger partial charge in [-0.1, -0.05) is 18.2 Å². The second kappa shape index (κ2) is 8.59. The summed E-state index contributed by atoms with van der Waals surface area (Å²) in [6.45, 7) is 0. The number of aliphatic carboxylic acids is 1. The molecular formula is C18H17N3O6. The molecule has 9 heteroatoms. The molecule has 0 spiro atoms. The summed E-state index contributed by atoms with van der Waals surface area (Å²) < 4.78 is 0. The first-order valence-electron chi connectivity index (χ1n) is 7.76. The number of rotatable bonds is 5. The van der Waals surface area contributed by atoms with E-state index in [2.05, 4.69) is 9.97 Å². The molecular weight excluding hydrogens is 354 g/mol. The summed E-state index contributed by atoms with van der Waals surface area (Å²) in [6, 6.07) is 9.48. The van der Waals surface area contributed by atoms with Crippen LogP contribution in [0.25, 0.3) is 10.9 Å². The standard InChI is InChI=1S/C11H12N2O2.C7H5NO4/c12-9(11(14)15)5-7-6-13-10-4-2-1-3-8(7)10;9-6(10)4-2-1-3-8-5(4)7(11)12/h1-4,6,9,13H,5,12H2,(H,14,15);1-3H,(H,9,10)(H,11,12). The highest BCUT2D eigenvalue weighted by atomic mass is 16.4. The maximum absolute atomic E-state index is 10.6. The number of nitrogens with zero attached hydrogens (tertiary/aromatic N) is 1. The third kappa shape index (κ3) is 4.89. The van der Waals surface area contributed by atoms with Gasteiger partial charge in [0.15, 0.2) is 5.69 Å². The number of carbonyl (C=O) groups is 3. The van der Waals surface area contributed by atoms with Gasteiger partial charge in [-0.25, -0.2) is 14.6 Å². The largest absolute Gasteiger partial charge is 0.480 e. The number of fused-ring (bicyclic) bond motifs is 1. The Bertz CT molecular complexity index is 949. The first-order chi connectivity index (χ1) is 12.8. The molecule has 0 amide bonds. The van der Waals surface area contributed by atoms with Crippen LogP contribution in [0.15, 0.2) is 48.8 Å². The fourth-order valence-corrected chi connectivity index (χ4v) is 2.37. The van der Waals surface area contributed by atoms with Crippen molar-refractivity contribution in [1.82, 2.24) is 9.97 Å². The normalized spacial score (nSPS) is 11.3. The van der Waals surface area contributed by atoms with Gasteiger partial charge in [-0.2, -0.15) is 0 Å². The van der Waals surface area contributed by atoms with Crippen LogP contribution in [-0.2, 0) is 11.2 Å². The Morgan fingerprint density at radius 2 is 1.74 bits per heavy atom. The Hall–Kier alpha value is -3.72. The van der Waals surface area contributed by atoms with Crippen LogP contribution < -0.4 is 5.73 Å². The van der Waals surface area contributed by atoms with E-state index < -0.39 is 29.6 Å². The summed E-state index contributed by atoms with van der Waals surface area (Å²) in [7, 11) is 0. The number of aromatic carboxylic acids is 2. The zero-order chi connectivity index (χ0) is 20.0. The van der Waals surface area contributed by atoms with E-state index in [4.69, 9.17) is 21.1 Å². The molecule has 9 nitrogen and oxygen atoms in total. The van der Waals surface area contributed by atoms with Gasteiger partial charge in [0, 0.05) is 29.7 Å². The number of nitrogens with two attached hydrogens (primary N) is 1. The molecule has 0 saturated heterocycles. The number of hydrogen-bond acceptors (Lipinski definition) is 5. The van der Waals surface area contributed by atoms with Crippen LogP contribution in [0.4, 0.5) is 0 Å². The molecule has 0 radical (unpaired) electrons. The number of H-pyrrole nitrogens is 1. The average Bonchev–Trinajstić information content (AvgIpc) is 3.05. The summed E-state index contributed by atoms with van der Waals surface area (Å²) >= 11 is 0. The van der Waals surface area contributed by atoms with Crippen molar-refractivity contribution in [2.24, 2.45) is 5.73 Å². The number of para-hydroxylation sites is 1. The van der Waals surface area contributed by atoms with E-state index in [-0.39, 0.29) is 5.56 Å². The second-order valence-corrected chi connectivity index (χ2v) is 5.52. The van der Waals surface area contributed by atoms with E-state index in [0.717, 1.165) is 16.5 Å². The third-order valence-corrected chi connectivity index (χ3v) is 3.67. The molecule has 6 N–H and O–H groups in total. The molecule has 0 aliphatic carbocycles. The van der Waals surface area contributed by atoms with Gasteiger partial charge in [0.05, 0.1) is 5.56 Å². The quantitative estimate of drug-likeness (QED) is 0.451. The second-order valence-electron chi connectivity index (χ2n) is 5.52. The summed E-state index contributed by atoms with van der Waals surface area (Å²) in [4.78, 5) is 38.0. The van der Waals surface area contributed by atoms with Gasteiger partial charge in [-0.3, -0.25) is 4.79 Å². The van der Waals surface area contributed by atoms with Gasteiger partial charge in [0.2, 0.25) is 0 Å². The van der Waals surface area contributed by atoms with E-state index in [9.17, 15) is 14.4 Å². The summed E-state index contributed by atoms with van der Waals surface area (Å²) in [5, 5.41) is 26.8. The Morgan fingerprint density at radius 3 is 2.33 bits per heavy atom. The lowest BCUT2D eigenvalue weighted by Gasteiger charge is -2.04. The topological polar surface area (TPSA) is 167 Å². The van der Waals surface area contributed by atoms with Crippen LogP contribution in [0.3, 0.4) is 0 Å². The minimum absolute atomic E-state index is 0.301. The first-order valence-corrected chi connectivity index (χ1v) is 7.76. The monoisotopic (exact) mass is 371 g/mol. The highest BCUT2D eigenvalue weighted by molar-refractivity contribution is 6.00. The molecule has 27 heavy (non-hydrogen) atoms. The van der Waals surface area contributed by atoms with Crippen LogP contribution in [-0.4, -0.2) is 49.2 Å². The Morgan fingerprint density at radius 1 is 1.04 bits per heavy atom. The zero-order valence-electron chi connectivity index (χ0n) is 14.0. The molecule has 1 aromatic carbocycles. The van der Waals surface area contributed by atoms with Crippen LogP contribution in [0.1, 0.15) is 26.4 Å². The fourth-order valence-electron chi connectivity index (χ4n) is 2.37. The highest BCUT2D eigenvalue weighted by Gasteiger charge is 2.16. The lowest BCUT2D eigenvalue weighted by Crippen LogP contribution is -2.32. The van der Waals surface area contributed by atoms with Gasteiger partial charge < -0.3 is 26.0 Å². The lowest BCUT2D eigenvalue weighted by atomic mass is 10.1. The third-order valence-electron chi connectivity index (χ3n) is 3.67. The maximum Gasteiger partial charge on any atom is 0.355 e. The van der Waals surface area contributed by atoms with Gasteiger partial charge in [0.25, 0.3) is 0 Å². The van der Waals surface area contributed by atoms with Crippen molar-refractivity contribution in [3.63, 3.8) is 0 Å². The smallest absolute Gasteiger partial charge is 0.355 e. The van der Waals surface area contributed by atoms with E-state index in [0.29, 0.717) is 6.42 Å². The average molecular weight is 371 g/mol. The lowest BCUT2D eigenvalue weighted by molar-refractivity contribution is -0.138. The number of aromatic nitrogens is 2. The molecule has 140 valence electrons. The Labute approximate surface area is 153 Å².